The first-order chi connectivity index (χ1) is 12.1. The van der Waals surface area contributed by atoms with Gasteiger partial charge in [-0.1, -0.05) is 74.4 Å². The van der Waals surface area contributed by atoms with Crippen LogP contribution in [0.4, 0.5) is 0 Å². The standard InChI is InChI=1S/C7H8.C6H12.4CHNO/c1-7-5-3-2-4-6-7;1-2-4-6-5-3-1;4*2-1-3/h2-6H,1H3;1-6H2;4*2H. The number of nitrogens with one attached hydrogen (secondary N) is 4. The molecule has 0 aliphatic heterocycles. The normalized spacial score (nSPS) is 9.48. The molecule has 4 N–H and O–H groups in total. The maximum absolute atomic E-state index is 8.35. The molecule has 1 fully saturated rings. The second kappa shape index (κ2) is 37.2. The van der Waals surface area contributed by atoms with Crippen molar-refractivity contribution in [3.63, 3.8) is 0 Å². The first-order valence-corrected chi connectivity index (χ1v) is 7.23. The molecule has 0 radical (unpaired) electrons. The monoisotopic (exact) mass is 348 g/mol. The van der Waals surface area contributed by atoms with E-state index in [2.05, 4.69) is 19.1 Å². The van der Waals surface area contributed by atoms with Gasteiger partial charge in [0.15, 0.2) is 0 Å². The summed E-state index contributed by atoms with van der Waals surface area (Å²) in [6.07, 6.45) is 12.0. The van der Waals surface area contributed by atoms with E-state index in [0.717, 1.165) is 24.3 Å². The van der Waals surface area contributed by atoms with Crippen molar-refractivity contribution in [2.75, 3.05) is 0 Å². The maximum Gasteiger partial charge on any atom is 0.231 e. The quantitative estimate of drug-likeness (QED) is 0.412. The van der Waals surface area contributed by atoms with Gasteiger partial charge in [0.05, 0.1) is 0 Å². The first kappa shape index (κ1) is 29.7. The van der Waals surface area contributed by atoms with Gasteiger partial charge in [-0.05, 0) is 6.92 Å². The van der Waals surface area contributed by atoms with E-state index < -0.39 is 0 Å². The Hall–Kier alpha value is -3.26. The van der Waals surface area contributed by atoms with Crippen molar-refractivity contribution in [2.24, 2.45) is 0 Å². The van der Waals surface area contributed by atoms with Crippen molar-refractivity contribution in [3.05, 3.63) is 35.9 Å². The lowest BCUT2D eigenvalue weighted by atomic mass is 10.0. The Kier molecular flexibility index (Phi) is 44.2. The summed E-state index contributed by atoms with van der Waals surface area (Å²) in [5.41, 5.74) is 1.32. The lowest BCUT2D eigenvalue weighted by Crippen LogP contribution is -1.85. The van der Waals surface area contributed by atoms with Crippen LogP contribution in [0.15, 0.2) is 30.3 Å². The average molecular weight is 348 g/mol. The largest absolute Gasteiger partial charge is 0.231 e. The van der Waals surface area contributed by atoms with Crippen LogP contribution in [-0.2, 0) is 19.2 Å². The van der Waals surface area contributed by atoms with Crippen LogP contribution in [0.2, 0.25) is 0 Å². The molecule has 0 bridgehead atoms. The Labute approximate surface area is 147 Å². The number of aryl methyl sites for hydroxylation is 1. The van der Waals surface area contributed by atoms with Gasteiger partial charge in [0.1, 0.15) is 0 Å². The topological polar surface area (TPSA) is 164 Å². The van der Waals surface area contributed by atoms with E-state index in [4.69, 9.17) is 40.8 Å². The smallest absolute Gasteiger partial charge is 0.222 e. The highest BCUT2D eigenvalue weighted by molar-refractivity contribution is 5.26. The SMILES string of the molecule is C1CCCCC1.Cc1ccccc1.N=C=O.N=C=O.N=C=O.N=C=O. The van der Waals surface area contributed by atoms with Crippen molar-refractivity contribution in [2.45, 2.75) is 45.4 Å². The fourth-order valence-corrected chi connectivity index (χ4v) is 1.60. The minimum Gasteiger partial charge on any atom is -0.222 e. The molecule has 2 rings (SSSR count). The van der Waals surface area contributed by atoms with E-state index >= 15 is 0 Å². The van der Waals surface area contributed by atoms with Crippen molar-refractivity contribution < 1.29 is 19.2 Å². The Morgan fingerprint density at radius 1 is 0.600 bits per heavy atom. The van der Waals surface area contributed by atoms with Crippen LogP contribution in [0.5, 0.6) is 0 Å². The molecule has 0 unspecified atom stereocenters. The highest BCUT2D eigenvalue weighted by atomic mass is 16.1. The van der Waals surface area contributed by atoms with Gasteiger partial charge < -0.3 is 0 Å². The average Bonchev–Trinajstić information content (AvgIpc) is 2.61. The summed E-state index contributed by atoms with van der Waals surface area (Å²) in [5.74, 6) is 0. The van der Waals surface area contributed by atoms with Crippen LogP contribution < -0.4 is 0 Å². The molecule has 1 aliphatic rings. The summed E-state index contributed by atoms with van der Waals surface area (Å²) in [7, 11) is 0. The third-order valence-corrected chi connectivity index (χ3v) is 2.44. The molecule has 1 aromatic rings. The molecule has 1 saturated carbocycles. The molecule has 136 valence electrons. The molecule has 0 spiro atoms. The molecule has 0 amide bonds. The zero-order chi connectivity index (χ0) is 20.2. The summed E-state index contributed by atoms with van der Waals surface area (Å²) in [4.78, 5) is 33.4. The van der Waals surface area contributed by atoms with Crippen LogP contribution in [-0.4, -0.2) is 24.3 Å². The second-order valence-corrected chi connectivity index (χ2v) is 4.18. The molecular formula is C17H24N4O4. The van der Waals surface area contributed by atoms with Crippen LogP contribution >= 0.6 is 0 Å². The van der Waals surface area contributed by atoms with Crippen LogP contribution in [0, 0.1) is 28.6 Å². The third kappa shape index (κ3) is 63.1. The molecule has 0 aromatic heterocycles. The molecular weight excluding hydrogens is 324 g/mol. The zero-order valence-corrected chi connectivity index (χ0v) is 14.3. The molecule has 0 saturated heterocycles. The molecule has 8 nitrogen and oxygen atoms in total. The van der Waals surface area contributed by atoms with Crippen LogP contribution in [0.25, 0.3) is 0 Å². The number of isocyanates is 4. The van der Waals surface area contributed by atoms with Crippen molar-refractivity contribution in [3.8, 4) is 0 Å². The van der Waals surface area contributed by atoms with Gasteiger partial charge in [-0.25, -0.2) is 40.8 Å². The van der Waals surface area contributed by atoms with E-state index in [1.165, 1.54) is 44.1 Å². The van der Waals surface area contributed by atoms with Gasteiger partial charge in [-0.2, -0.15) is 0 Å². The van der Waals surface area contributed by atoms with Crippen molar-refractivity contribution in [1.82, 2.24) is 0 Å². The molecule has 1 aliphatic carbocycles. The number of hydrogen-bond donors (Lipinski definition) is 4. The van der Waals surface area contributed by atoms with Crippen LogP contribution in [0.1, 0.15) is 44.1 Å². The molecule has 8 heteroatoms. The van der Waals surface area contributed by atoms with Crippen molar-refractivity contribution >= 4 is 24.3 Å². The van der Waals surface area contributed by atoms with E-state index in [0.29, 0.717) is 0 Å². The maximum atomic E-state index is 8.35. The number of hydrogen-bond acceptors (Lipinski definition) is 8. The summed E-state index contributed by atoms with van der Waals surface area (Å²) in [6.45, 7) is 2.08. The van der Waals surface area contributed by atoms with E-state index in [-0.39, 0.29) is 0 Å². The van der Waals surface area contributed by atoms with Gasteiger partial charge in [0.2, 0.25) is 24.3 Å². The highest BCUT2D eigenvalue weighted by Gasteiger charge is 1.95. The van der Waals surface area contributed by atoms with Crippen molar-refractivity contribution in [1.29, 1.82) is 21.6 Å². The summed E-state index contributed by atoms with van der Waals surface area (Å²) >= 11 is 0. The Morgan fingerprint density at radius 2 is 0.800 bits per heavy atom. The fraction of sp³-hybridized carbons (Fsp3) is 0.412. The fourth-order valence-electron chi connectivity index (χ4n) is 1.60. The predicted molar refractivity (Wildman–Crippen MR) is 92.5 cm³/mol. The molecule has 1 aromatic carbocycles. The Balaban J connectivity index is -0.000000112. The third-order valence-electron chi connectivity index (χ3n) is 2.44. The second-order valence-electron chi connectivity index (χ2n) is 4.18. The van der Waals surface area contributed by atoms with Crippen LogP contribution in [0.3, 0.4) is 0 Å². The summed E-state index contributed by atoms with van der Waals surface area (Å²) in [5, 5.41) is 21.6. The zero-order valence-electron chi connectivity index (χ0n) is 14.3. The van der Waals surface area contributed by atoms with E-state index in [1.807, 2.05) is 18.2 Å². The number of benzene rings is 1. The minimum absolute atomic E-state index is 0.750. The molecule has 0 heterocycles. The van der Waals surface area contributed by atoms with Gasteiger partial charge in [-0.15, -0.1) is 0 Å². The lowest BCUT2D eigenvalue weighted by Gasteiger charge is -2.05. The number of carbonyl (C=O) groups excluding carboxylic acids is 4. The Morgan fingerprint density at radius 3 is 0.920 bits per heavy atom. The van der Waals surface area contributed by atoms with Gasteiger partial charge in [-0.3, -0.25) is 0 Å². The molecule has 0 atom stereocenters. The lowest BCUT2D eigenvalue weighted by molar-refractivity contribution is 0.504. The number of rotatable bonds is 0. The first-order valence-electron chi connectivity index (χ1n) is 7.23. The van der Waals surface area contributed by atoms with Gasteiger partial charge in [0.25, 0.3) is 0 Å². The van der Waals surface area contributed by atoms with Gasteiger partial charge in [0, 0.05) is 0 Å². The Bertz CT molecular complexity index is 445. The predicted octanol–water partition coefficient (Wildman–Crippen LogP) is 3.94. The van der Waals surface area contributed by atoms with E-state index in [1.54, 1.807) is 0 Å². The summed E-state index contributed by atoms with van der Waals surface area (Å²) in [6, 6.07) is 10.3. The van der Waals surface area contributed by atoms with Gasteiger partial charge >= 0.3 is 0 Å². The molecule has 25 heavy (non-hydrogen) atoms. The highest BCUT2D eigenvalue weighted by Crippen LogP contribution is 2.15. The van der Waals surface area contributed by atoms with E-state index in [9.17, 15) is 0 Å². The minimum atomic E-state index is 0.750. The summed E-state index contributed by atoms with van der Waals surface area (Å²) < 4.78 is 0.